The summed E-state index contributed by atoms with van der Waals surface area (Å²) in [5, 5.41) is 12.2. The van der Waals surface area contributed by atoms with Crippen molar-refractivity contribution in [3.05, 3.63) is 95.6 Å². The zero-order valence-electron chi connectivity index (χ0n) is 19.2. The number of carbonyl (C=O) groups is 2. The quantitative estimate of drug-likeness (QED) is 0.330. The van der Waals surface area contributed by atoms with Crippen LogP contribution in [0.15, 0.2) is 72.8 Å². The van der Waals surface area contributed by atoms with Gasteiger partial charge < -0.3 is 9.84 Å². The van der Waals surface area contributed by atoms with Gasteiger partial charge in [0, 0.05) is 0 Å². The second-order valence-electron chi connectivity index (χ2n) is 7.96. The Hall–Kier alpha value is -3.80. The third-order valence-electron chi connectivity index (χ3n) is 5.70. The Morgan fingerprint density at radius 2 is 1.26 bits per heavy atom. The van der Waals surface area contributed by atoms with Crippen LogP contribution in [0.4, 0.5) is 8.78 Å². The first kappa shape index (κ1) is 24.8. The van der Waals surface area contributed by atoms with Crippen molar-refractivity contribution < 1.29 is 28.2 Å². The number of benzene rings is 4. The average Bonchev–Trinajstić information content (AvgIpc) is 2.82. The molecule has 0 saturated heterocycles. The van der Waals surface area contributed by atoms with E-state index in [0.29, 0.717) is 12.2 Å². The molecule has 0 aromatic heterocycles. The summed E-state index contributed by atoms with van der Waals surface area (Å²) in [6, 6.07) is 19.8. The van der Waals surface area contributed by atoms with Crippen molar-refractivity contribution in [1.82, 2.24) is 0 Å². The highest BCUT2D eigenvalue weighted by Gasteiger charge is 2.18. The van der Waals surface area contributed by atoms with E-state index in [-0.39, 0.29) is 23.5 Å². The van der Waals surface area contributed by atoms with Gasteiger partial charge in [0.05, 0.1) is 18.4 Å². The van der Waals surface area contributed by atoms with E-state index in [9.17, 15) is 18.4 Å². The van der Waals surface area contributed by atoms with E-state index in [0.717, 1.165) is 27.1 Å². The first-order chi connectivity index (χ1) is 16.2. The van der Waals surface area contributed by atoms with Crippen LogP contribution in [-0.2, 0) is 14.3 Å². The van der Waals surface area contributed by atoms with Crippen molar-refractivity contribution in [3.8, 4) is 0 Å². The van der Waals surface area contributed by atoms with Gasteiger partial charge >= 0.3 is 11.9 Å². The molecule has 2 atom stereocenters. The molecule has 0 fully saturated rings. The number of hydrogen-bond acceptors (Lipinski definition) is 3. The van der Waals surface area contributed by atoms with Crippen LogP contribution in [0, 0.1) is 11.6 Å². The highest BCUT2D eigenvalue weighted by Crippen LogP contribution is 2.28. The number of aliphatic carboxylic acids is 1. The lowest BCUT2D eigenvalue weighted by Gasteiger charge is -2.13. The Morgan fingerprint density at radius 3 is 1.71 bits per heavy atom. The molecule has 0 radical (unpaired) electrons. The van der Waals surface area contributed by atoms with E-state index < -0.39 is 11.9 Å². The zero-order valence-corrected chi connectivity index (χ0v) is 19.2. The van der Waals surface area contributed by atoms with Gasteiger partial charge in [-0.25, -0.2) is 8.78 Å². The Bertz CT molecular complexity index is 1330. The Morgan fingerprint density at radius 1 is 0.794 bits per heavy atom. The van der Waals surface area contributed by atoms with Gasteiger partial charge in [0.15, 0.2) is 0 Å². The molecular weight excluding hydrogens is 438 g/mol. The van der Waals surface area contributed by atoms with E-state index in [1.54, 1.807) is 51.1 Å². The number of esters is 1. The van der Waals surface area contributed by atoms with Crippen LogP contribution in [-0.4, -0.2) is 23.7 Å². The molecule has 34 heavy (non-hydrogen) atoms. The first-order valence-corrected chi connectivity index (χ1v) is 11.0. The second-order valence-corrected chi connectivity index (χ2v) is 7.96. The molecule has 4 aromatic carbocycles. The third-order valence-corrected chi connectivity index (χ3v) is 5.70. The van der Waals surface area contributed by atoms with Gasteiger partial charge in [-0.15, -0.1) is 0 Å². The van der Waals surface area contributed by atoms with E-state index in [2.05, 4.69) is 0 Å². The summed E-state index contributed by atoms with van der Waals surface area (Å²) in [5.41, 5.74) is 1.58. The van der Waals surface area contributed by atoms with Crippen LogP contribution >= 0.6 is 0 Å². The second kappa shape index (κ2) is 10.9. The lowest BCUT2D eigenvalue weighted by molar-refractivity contribution is -0.144. The summed E-state index contributed by atoms with van der Waals surface area (Å²) in [7, 11) is 0. The Kier molecular flexibility index (Phi) is 7.95. The highest BCUT2D eigenvalue weighted by molar-refractivity contribution is 5.91. The number of rotatable bonds is 5. The molecule has 4 aromatic rings. The van der Waals surface area contributed by atoms with Crippen LogP contribution in [0.2, 0.25) is 0 Å². The van der Waals surface area contributed by atoms with Crippen molar-refractivity contribution in [2.24, 2.45) is 0 Å². The minimum Gasteiger partial charge on any atom is -0.481 e. The molecule has 0 amide bonds. The smallest absolute Gasteiger partial charge is 0.313 e. The summed E-state index contributed by atoms with van der Waals surface area (Å²) < 4.78 is 31.2. The molecule has 0 aliphatic rings. The summed E-state index contributed by atoms with van der Waals surface area (Å²) in [5.74, 6) is -2.66. The van der Waals surface area contributed by atoms with Crippen molar-refractivity contribution in [2.75, 3.05) is 6.61 Å². The predicted octanol–water partition coefficient (Wildman–Crippen LogP) is 6.81. The molecule has 176 valence electrons. The lowest BCUT2D eigenvalue weighted by atomic mass is 9.95. The van der Waals surface area contributed by atoms with E-state index >= 15 is 0 Å². The number of carboxylic acid groups (broad SMARTS) is 1. The lowest BCUT2D eigenvalue weighted by Crippen LogP contribution is -2.13. The molecule has 0 bridgehead atoms. The molecule has 1 N–H and O–H groups in total. The first-order valence-electron chi connectivity index (χ1n) is 11.0. The minimum absolute atomic E-state index is 0.255. The van der Waals surface area contributed by atoms with Crippen LogP contribution in [0.25, 0.3) is 21.5 Å². The molecule has 0 aliphatic heterocycles. The largest absolute Gasteiger partial charge is 0.481 e. The van der Waals surface area contributed by atoms with E-state index in [4.69, 9.17) is 9.84 Å². The maximum atomic E-state index is 13.2. The molecule has 0 aliphatic carbocycles. The maximum Gasteiger partial charge on any atom is 0.313 e. The van der Waals surface area contributed by atoms with Crippen molar-refractivity contribution in [3.63, 3.8) is 0 Å². The third kappa shape index (κ3) is 5.57. The molecule has 0 heterocycles. The normalized spacial score (nSPS) is 12.5. The summed E-state index contributed by atoms with van der Waals surface area (Å²) in [6.07, 6.45) is 0. The number of fused-ring (bicyclic) bond motifs is 2. The minimum atomic E-state index is -0.878. The molecule has 0 saturated carbocycles. The fourth-order valence-corrected chi connectivity index (χ4v) is 3.84. The van der Waals surface area contributed by atoms with Crippen LogP contribution in [0.5, 0.6) is 0 Å². The number of hydrogen-bond donors (Lipinski definition) is 1. The average molecular weight is 465 g/mol. The van der Waals surface area contributed by atoms with Crippen LogP contribution in [0.1, 0.15) is 43.7 Å². The topological polar surface area (TPSA) is 63.6 Å². The van der Waals surface area contributed by atoms with Crippen molar-refractivity contribution in [2.45, 2.75) is 32.6 Å². The molecule has 2 unspecified atom stereocenters. The number of halogens is 2. The van der Waals surface area contributed by atoms with Crippen LogP contribution in [0.3, 0.4) is 0 Å². The Balaban J connectivity index is 0.000000192. The fourth-order valence-electron chi connectivity index (χ4n) is 3.84. The van der Waals surface area contributed by atoms with Gasteiger partial charge in [0.2, 0.25) is 0 Å². The van der Waals surface area contributed by atoms with Gasteiger partial charge in [-0.3, -0.25) is 9.59 Å². The highest BCUT2D eigenvalue weighted by atomic mass is 19.1. The standard InChI is InChI=1S/C15H15FO2.C13H11FO2/c1-3-18-15(17)10(2)13-6-4-5-11-9-12(16)7-8-14(11)13;1-8(13(15)16)11-4-2-3-9-7-10(14)5-6-12(9)11/h4-10H,3H2,1-2H3;2-8H,1H3,(H,15,16). The monoisotopic (exact) mass is 464 g/mol. The van der Waals surface area contributed by atoms with Gasteiger partial charge in [-0.2, -0.15) is 0 Å². The predicted molar refractivity (Wildman–Crippen MR) is 129 cm³/mol. The van der Waals surface area contributed by atoms with Gasteiger partial charge in [-0.05, 0) is 77.7 Å². The summed E-state index contributed by atoms with van der Waals surface area (Å²) in [4.78, 5) is 22.7. The van der Waals surface area contributed by atoms with Crippen LogP contribution < -0.4 is 0 Å². The SMILES string of the molecule is CC(C(=O)O)c1cccc2cc(F)ccc12.CCOC(=O)C(C)c1cccc2cc(F)ccc12. The number of ether oxygens (including phenoxy) is 1. The van der Waals surface area contributed by atoms with Gasteiger partial charge in [0.25, 0.3) is 0 Å². The van der Waals surface area contributed by atoms with Crippen molar-refractivity contribution >= 4 is 33.5 Å². The molecule has 0 spiro atoms. The van der Waals surface area contributed by atoms with E-state index in [1.165, 1.54) is 24.3 Å². The van der Waals surface area contributed by atoms with Gasteiger partial charge in [-0.1, -0.05) is 48.5 Å². The number of carbonyl (C=O) groups excluding carboxylic acids is 1. The van der Waals surface area contributed by atoms with Crippen molar-refractivity contribution in [1.29, 1.82) is 0 Å². The fraction of sp³-hybridized carbons (Fsp3) is 0.214. The molecule has 4 rings (SSSR count). The molecule has 4 nitrogen and oxygen atoms in total. The maximum absolute atomic E-state index is 13.2. The molecular formula is C28H26F2O4. The zero-order chi connectivity index (χ0) is 24.8. The van der Waals surface area contributed by atoms with Gasteiger partial charge in [0.1, 0.15) is 11.6 Å². The summed E-state index contributed by atoms with van der Waals surface area (Å²) in [6.45, 7) is 5.57. The van der Waals surface area contributed by atoms with E-state index in [1.807, 2.05) is 18.2 Å². The molecule has 6 heteroatoms. The number of carboxylic acids is 1. The Labute approximate surface area is 196 Å². The summed E-state index contributed by atoms with van der Waals surface area (Å²) >= 11 is 0.